The lowest BCUT2D eigenvalue weighted by Gasteiger charge is -1.85. The maximum absolute atomic E-state index is 8.64. The second kappa shape index (κ2) is 3.01. The molecule has 0 aromatic carbocycles. The van der Waals surface area contributed by atoms with Gasteiger partial charge in [-0.15, -0.1) is 11.3 Å². The van der Waals surface area contributed by atoms with E-state index in [4.69, 9.17) is 16.7 Å². The van der Waals surface area contributed by atoms with Crippen LogP contribution in [0.1, 0.15) is 4.88 Å². The Morgan fingerprint density at radius 2 is 2.44 bits per heavy atom. The van der Waals surface area contributed by atoms with E-state index in [0.717, 1.165) is 8.66 Å². The van der Waals surface area contributed by atoms with Crippen molar-refractivity contribution in [3.05, 3.63) is 19.8 Å². The maximum atomic E-state index is 8.64. The first-order valence-electron chi connectivity index (χ1n) is 2.28. The van der Waals surface area contributed by atoms with Crippen LogP contribution in [0.3, 0.4) is 0 Å². The molecule has 0 radical (unpaired) electrons. The van der Waals surface area contributed by atoms with Gasteiger partial charge >= 0.3 is 0 Å². The van der Waals surface area contributed by atoms with Crippen LogP contribution in [-0.2, 0) is 6.61 Å². The molecule has 0 saturated carbocycles. The first-order valence-corrected chi connectivity index (χ1v) is 4.27. The van der Waals surface area contributed by atoms with Gasteiger partial charge in [0, 0.05) is 4.88 Å². The van der Waals surface area contributed by atoms with Crippen LogP contribution in [-0.4, -0.2) is 5.11 Å². The number of aliphatic hydroxyl groups excluding tert-OH is 1. The lowest BCUT2D eigenvalue weighted by Crippen LogP contribution is -1.73. The lowest BCUT2D eigenvalue weighted by molar-refractivity contribution is 0.285. The molecular weight excluding hydrogens is 223 g/mol. The topological polar surface area (TPSA) is 20.2 Å². The van der Waals surface area contributed by atoms with Crippen LogP contribution in [0.15, 0.2) is 9.85 Å². The van der Waals surface area contributed by atoms with Gasteiger partial charge in [0.05, 0.1) is 15.4 Å². The summed E-state index contributed by atoms with van der Waals surface area (Å²) in [4.78, 5) is 0.809. The normalized spacial score (nSPS) is 10.1. The zero-order valence-corrected chi connectivity index (χ0v) is 7.55. The van der Waals surface area contributed by atoms with E-state index in [9.17, 15) is 0 Å². The Kier molecular flexibility index (Phi) is 2.52. The van der Waals surface area contributed by atoms with Gasteiger partial charge in [-0.2, -0.15) is 0 Å². The number of aliphatic hydroxyl groups is 1. The molecule has 4 heteroatoms. The maximum Gasteiger partial charge on any atom is 0.0789 e. The molecule has 1 heterocycles. The van der Waals surface area contributed by atoms with Crippen LogP contribution in [0.25, 0.3) is 0 Å². The van der Waals surface area contributed by atoms with Crippen LogP contribution in [0.2, 0.25) is 5.02 Å². The van der Waals surface area contributed by atoms with E-state index in [2.05, 4.69) is 15.9 Å². The quantitative estimate of drug-likeness (QED) is 0.782. The number of rotatable bonds is 1. The minimum absolute atomic E-state index is 0.0229. The number of thiophene rings is 1. The minimum Gasteiger partial charge on any atom is -0.391 e. The Morgan fingerprint density at radius 3 is 2.67 bits per heavy atom. The van der Waals surface area contributed by atoms with Crippen LogP contribution < -0.4 is 0 Å². The third-order valence-electron chi connectivity index (χ3n) is 0.871. The highest BCUT2D eigenvalue weighted by Gasteiger charge is 2.02. The van der Waals surface area contributed by atoms with Gasteiger partial charge in [0.1, 0.15) is 0 Å². The second-order valence-corrected chi connectivity index (χ2v) is 4.40. The summed E-state index contributed by atoms with van der Waals surface area (Å²) in [5, 5.41) is 9.27. The van der Waals surface area contributed by atoms with Gasteiger partial charge < -0.3 is 5.11 Å². The van der Waals surface area contributed by atoms with E-state index in [0.29, 0.717) is 5.02 Å². The van der Waals surface area contributed by atoms with Gasteiger partial charge in [-0.05, 0) is 22.0 Å². The molecule has 1 nitrogen and oxygen atoms in total. The largest absolute Gasteiger partial charge is 0.391 e. The van der Waals surface area contributed by atoms with E-state index in [1.807, 2.05) is 0 Å². The van der Waals surface area contributed by atoms with Crippen LogP contribution in [0.5, 0.6) is 0 Å². The molecular formula is C5H4BrClOS. The summed E-state index contributed by atoms with van der Waals surface area (Å²) in [5.41, 5.74) is 0. The van der Waals surface area contributed by atoms with Crippen LogP contribution in [0.4, 0.5) is 0 Å². The van der Waals surface area contributed by atoms with Crippen LogP contribution >= 0.6 is 38.9 Å². The molecule has 0 bridgehead atoms. The Bertz CT molecular complexity index is 211. The van der Waals surface area contributed by atoms with E-state index >= 15 is 0 Å². The first-order chi connectivity index (χ1) is 4.24. The zero-order valence-electron chi connectivity index (χ0n) is 4.40. The third-order valence-corrected chi connectivity index (χ3v) is 2.94. The Labute approximate surface area is 70.4 Å². The molecule has 0 fully saturated rings. The van der Waals surface area contributed by atoms with E-state index in [1.165, 1.54) is 11.3 Å². The average Bonchev–Trinajstić information content (AvgIpc) is 2.10. The minimum atomic E-state index is 0.0229. The summed E-state index contributed by atoms with van der Waals surface area (Å²) in [6.45, 7) is 0.0229. The molecule has 0 amide bonds. The van der Waals surface area contributed by atoms with Crippen molar-refractivity contribution in [2.45, 2.75) is 6.61 Å². The monoisotopic (exact) mass is 226 g/mol. The lowest BCUT2D eigenvalue weighted by atomic mass is 10.5. The molecule has 0 aliphatic rings. The van der Waals surface area contributed by atoms with E-state index < -0.39 is 0 Å². The summed E-state index contributed by atoms with van der Waals surface area (Å²) in [6, 6.07) is 1.78. The Balaban J connectivity index is 3.01. The highest BCUT2D eigenvalue weighted by Crippen LogP contribution is 2.30. The predicted octanol–water partition coefficient (Wildman–Crippen LogP) is 2.66. The summed E-state index contributed by atoms with van der Waals surface area (Å²) < 4.78 is 0.955. The van der Waals surface area contributed by atoms with Crippen molar-refractivity contribution in [1.29, 1.82) is 0 Å². The zero-order chi connectivity index (χ0) is 6.85. The molecule has 0 unspecified atom stereocenters. The highest BCUT2D eigenvalue weighted by atomic mass is 79.9. The number of hydrogen-bond donors (Lipinski definition) is 1. The number of halogens is 2. The van der Waals surface area contributed by atoms with Crippen LogP contribution in [0, 0.1) is 0 Å². The van der Waals surface area contributed by atoms with Crippen molar-refractivity contribution < 1.29 is 5.11 Å². The Hall–Kier alpha value is 0.430. The van der Waals surface area contributed by atoms with Gasteiger partial charge in [-0.25, -0.2) is 0 Å². The molecule has 1 rings (SSSR count). The summed E-state index contributed by atoms with van der Waals surface area (Å²) in [6.07, 6.45) is 0. The first kappa shape index (κ1) is 7.54. The molecule has 1 N–H and O–H groups in total. The fourth-order valence-electron chi connectivity index (χ4n) is 0.484. The molecule has 0 aliphatic carbocycles. The molecule has 1 aromatic rings. The highest BCUT2D eigenvalue weighted by molar-refractivity contribution is 9.11. The van der Waals surface area contributed by atoms with Crippen molar-refractivity contribution in [2.24, 2.45) is 0 Å². The fraction of sp³-hybridized carbons (Fsp3) is 0.200. The van der Waals surface area contributed by atoms with E-state index in [1.54, 1.807) is 6.07 Å². The van der Waals surface area contributed by atoms with Crippen molar-refractivity contribution in [3.63, 3.8) is 0 Å². The molecule has 0 aliphatic heterocycles. The average molecular weight is 228 g/mol. The van der Waals surface area contributed by atoms with Crippen molar-refractivity contribution in [1.82, 2.24) is 0 Å². The predicted molar refractivity (Wildman–Crippen MR) is 43.0 cm³/mol. The van der Waals surface area contributed by atoms with Gasteiger partial charge in [0.2, 0.25) is 0 Å². The summed E-state index contributed by atoms with van der Waals surface area (Å²) in [5.74, 6) is 0. The van der Waals surface area contributed by atoms with Gasteiger partial charge in [0.25, 0.3) is 0 Å². The summed E-state index contributed by atoms with van der Waals surface area (Å²) in [7, 11) is 0. The summed E-state index contributed by atoms with van der Waals surface area (Å²) >= 11 is 10.4. The molecule has 9 heavy (non-hydrogen) atoms. The van der Waals surface area contributed by atoms with Crippen molar-refractivity contribution >= 4 is 38.9 Å². The SMILES string of the molecule is OCc1sc(Br)cc1Cl. The van der Waals surface area contributed by atoms with Gasteiger partial charge in [0.15, 0.2) is 0 Å². The second-order valence-electron chi connectivity index (χ2n) is 1.48. The molecule has 0 spiro atoms. The van der Waals surface area contributed by atoms with Crippen molar-refractivity contribution in [3.8, 4) is 0 Å². The molecule has 50 valence electrons. The van der Waals surface area contributed by atoms with Gasteiger partial charge in [-0.1, -0.05) is 11.6 Å². The van der Waals surface area contributed by atoms with Crippen molar-refractivity contribution in [2.75, 3.05) is 0 Å². The third kappa shape index (κ3) is 1.67. The molecule has 1 aromatic heterocycles. The Morgan fingerprint density at radius 1 is 1.78 bits per heavy atom. The fourth-order valence-corrected chi connectivity index (χ4v) is 2.41. The molecule has 0 atom stereocenters. The smallest absolute Gasteiger partial charge is 0.0789 e. The van der Waals surface area contributed by atoms with Gasteiger partial charge in [-0.3, -0.25) is 0 Å². The molecule has 0 saturated heterocycles. The standard InChI is InChI=1S/C5H4BrClOS/c6-5-1-3(7)4(2-8)9-5/h1,8H,2H2. The number of hydrogen-bond acceptors (Lipinski definition) is 2. The van der Waals surface area contributed by atoms with E-state index in [-0.39, 0.29) is 6.61 Å².